The summed E-state index contributed by atoms with van der Waals surface area (Å²) in [5.74, 6) is 1.18. The molecule has 0 amide bonds. The first kappa shape index (κ1) is 15.6. The molecule has 114 valence electrons. The predicted octanol–water partition coefficient (Wildman–Crippen LogP) is 3.38. The summed E-state index contributed by atoms with van der Waals surface area (Å²) in [5, 5.41) is 8.13. The van der Waals surface area contributed by atoms with E-state index >= 15 is 0 Å². The van der Waals surface area contributed by atoms with E-state index in [1.807, 2.05) is 17.8 Å². The van der Waals surface area contributed by atoms with Crippen molar-refractivity contribution >= 4 is 11.5 Å². The Morgan fingerprint density at radius 1 is 1.24 bits per heavy atom. The molecule has 0 saturated carbocycles. The Morgan fingerprint density at radius 2 is 1.90 bits per heavy atom. The van der Waals surface area contributed by atoms with Crippen LogP contribution in [0.5, 0.6) is 0 Å². The fraction of sp³-hybridized carbons (Fsp3) is 0.471. The molecular formula is C17H26N4. The molecule has 0 radical (unpaired) electrons. The zero-order valence-electron chi connectivity index (χ0n) is 13.7. The second kappa shape index (κ2) is 6.76. The standard InChI is InChI=1S/C17H26N4/c1-6-21(15-10-8-7-9-11-15)17-16(12-18-13(2)3)14(4)19-20(17)5/h7-11,13,18H,6,12H2,1-5H3. The quantitative estimate of drug-likeness (QED) is 0.883. The number of hydrogen-bond acceptors (Lipinski definition) is 3. The van der Waals surface area contributed by atoms with E-state index < -0.39 is 0 Å². The van der Waals surface area contributed by atoms with Gasteiger partial charge < -0.3 is 10.2 Å². The van der Waals surface area contributed by atoms with Crippen LogP contribution < -0.4 is 10.2 Å². The zero-order valence-corrected chi connectivity index (χ0v) is 13.7. The van der Waals surface area contributed by atoms with Crippen molar-refractivity contribution in [3.63, 3.8) is 0 Å². The lowest BCUT2D eigenvalue weighted by Crippen LogP contribution is -2.25. The Balaban J connectivity index is 2.41. The minimum atomic E-state index is 0.462. The summed E-state index contributed by atoms with van der Waals surface area (Å²) in [6.45, 7) is 10.3. The lowest BCUT2D eigenvalue weighted by Gasteiger charge is -2.25. The Bertz CT molecular complexity index is 572. The third kappa shape index (κ3) is 3.45. The number of aromatic nitrogens is 2. The van der Waals surface area contributed by atoms with Gasteiger partial charge >= 0.3 is 0 Å². The van der Waals surface area contributed by atoms with Gasteiger partial charge in [0.2, 0.25) is 0 Å². The minimum absolute atomic E-state index is 0.462. The van der Waals surface area contributed by atoms with Crippen LogP contribution in [0.25, 0.3) is 0 Å². The van der Waals surface area contributed by atoms with Crippen LogP contribution in [0.1, 0.15) is 32.0 Å². The van der Waals surface area contributed by atoms with Crippen LogP contribution in [0.3, 0.4) is 0 Å². The fourth-order valence-electron chi connectivity index (χ4n) is 2.60. The molecule has 0 unspecified atom stereocenters. The highest BCUT2D eigenvalue weighted by molar-refractivity contribution is 5.64. The number of nitrogens with one attached hydrogen (secondary N) is 1. The lowest BCUT2D eigenvalue weighted by molar-refractivity contribution is 0.587. The summed E-state index contributed by atoms with van der Waals surface area (Å²) >= 11 is 0. The van der Waals surface area contributed by atoms with Crippen molar-refractivity contribution in [3.8, 4) is 0 Å². The van der Waals surface area contributed by atoms with Gasteiger partial charge in [0.1, 0.15) is 5.82 Å². The molecule has 0 aliphatic rings. The van der Waals surface area contributed by atoms with Gasteiger partial charge in [-0.25, -0.2) is 0 Å². The van der Waals surface area contributed by atoms with E-state index in [0.717, 1.165) is 18.8 Å². The van der Waals surface area contributed by atoms with Crippen LogP contribution in [-0.4, -0.2) is 22.4 Å². The summed E-state index contributed by atoms with van der Waals surface area (Å²) in [6, 6.07) is 11.0. The van der Waals surface area contributed by atoms with Gasteiger partial charge in [-0.2, -0.15) is 5.10 Å². The SMILES string of the molecule is CCN(c1ccccc1)c1c(CNC(C)C)c(C)nn1C. The molecule has 0 saturated heterocycles. The molecule has 1 aromatic heterocycles. The van der Waals surface area contributed by atoms with E-state index in [4.69, 9.17) is 0 Å². The number of anilines is 2. The third-order valence-corrected chi connectivity index (χ3v) is 3.64. The van der Waals surface area contributed by atoms with Crippen LogP contribution in [0.15, 0.2) is 30.3 Å². The zero-order chi connectivity index (χ0) is 15.4. The van der Waals surface area contributed by atoms with Crippen LogP contribution >= 0.6 is 0 Å². The van der Waals surface area contributed by atoms with Gasteiger partial charge in [0, 0.05) is 37.4 Å². The monoisotopic (exact) mass is 286 g/mol. The van der Waals surface area contributed by atoms with Gasteiger partial charge in [0.25, 0.3) is 0 Å². The van der Waals surface area contributed by atoms with E-state index in [-0.39, 0.29) is 0 Å². The van der Waals surface area contributed by atoms with Gasteiger partial charge in [-0.05, 0) is 26.0 Å². The molecule has 2 aromatic rings. The second-order valence-corrected chi connectivity index (χ2v) is 5.63. The molecule has 21 heavy (non-hydrogen) atoms. The molecule has 0 atom stereocenters. The van der Waals surface area contributed by atoms with E-state index in [1.165, 1.54) is 17.1 Å². The number of nitrogens with zero attached hydrogens (tertiary/aromatic N) is 3. The van der Waals surface area contributed by atoms with Crippen LogP contribution in [-0.2, 0) is 13.6 Å². The first-order valence-electron chi connectivity index (χ1n) is 7.63. The molecule has 0 aliphatic carbocycles. The predicted molar refractivity (Wildman–Crippen MR) is 89.0 cm³/mol. The summed E-state index contributed by atoms with van der Waals surface area (Å²) < 4.78 is 1.99. The van der Waals surface area contributed by atoms with Crippen LogP contribution in [0.2, 0.25) is 0 Å². The molecule has 4 nitrogen and oxygen atoms in total. The molecule has 2 rings (SSSR count). The number of aryl methyl sites for hydroxylation is 2. The van der Waals surface area contributed by atoms with Crippen molar-refractivity contribution in [2.75, 3.05) is 11.4 Å². The highest BCUT2D eigenvalue weighted by Gasteiger charge is 2.19. The topological polar surface area (TPSA) is 33.1 Å². The maximum atomic E-state index is 4.62. The maximum Gasteiger partial charge on any atom is 0.135 e. The second-order valence-electron chi connectivity index (χ2n) is 5.63. The first-order chi connectivity index (χ1) is 10.0. The molecular weight excluding hydrogens is 260 g/mol. The van der Waals surface area contributed by atoms with Crippen LogP contribution in [0.4, 0.5) is 11.5 Å². The molecule has 0 spiro atoms. The highest BCUT2D eigenvalue weighted by Crippen LogP contribution is 2.29. The molecule has 1 heterocycles. The highest BCUT2D eigenvalue weighted by atomic mass is 15.4. The largest absolute Gasteiger partial charge is 0.327 e. The van der Waals surface area contributed by atoms with E-state index in [2.05, 4.69) is 67.3 Å². The normalized spacial score (nSPS) is 11.1. The summed E-state index contributed by atoms with van der Waals surface area (Å²) in [5.41, 5.74) is 3.57. The van der Waals surface area contributed by atoms with Crippen molar-refractivity contribution in [2.45, 2.75) is 40.3 Å². The van der Waals surface area contributed by atoms with Crippen molar-refractivity contribution in [1.29, 1.82) is 0 Å². The van der Waals surface area contributed by atoms with Gasteiger partial charge in [-0.3, -0.25) is 4.68 Å². The third-order valence-electron chi connectivity index (χ3n) is 3.64. The Labute approximate surface area is 127 Å². The minimum Gasteiger partial charge on any atom is -0.327 e. The van der Waals surface area contributed by atoms with Gasteiger partial charge in [0.15, 0.2) is 0 Å². The first-order valence-corrected chi connectivity index (χ1v) is 7.63. The summed E-state index contributed by atoms with van der Waals surface area (Å²) in [4.78, 5) is 2.32. The smallest absolute Gasteiger partial charge is 0.135 e. The van der Waals surface area contributed by atoms with Gasteiger partial charge in [-0.15, -0.1) is 0 Å². The molecule has 1 N–H and O–H groups in total. The van der Waals surface area contributed by atoms with Crippen molar-refractivity contribution < 1.29 is 0 Å². The van der Waals surface area contributed by atoms with Crippen LogP contribution in [0, 0.1) is 6.92 Å². The molecule has 0 bridgehead atoms. The van der Waals surface area contributed by atoms with Gasteiger partial charge in [-0.1, -0.05) is 32.0 Å². The van der Waals surface area contributed by atoms with Gasteiger partial charge in [0.05, 0.1) is 5.69 Å². The molecule has 4 heteroatoms. The number of hydrogen-bond donors (Lipinski definition) is 1. The average molecular weight is 286 g/mol. The van der Waals surface area contributed by atoms with E-state index in [9.17, 15) is 0 Å². The molecule has 0 aliphatic heterocycles. The number of benzene rings is 1. The summed E-state index contributed by atoms with van der Waals surface area (Å²) in [7, 11) is 2.02. The Hall–Kier alpha value is -1.81. The molecule has 1 aromatic carbocycles. The van der Waals surface area contributed by atoms with E-state index in [0.29, 0.717) is 6.04 Å². The summed E-state index contributed by atoms with van der Waals surface area (Å²) in [6.07, 6.45) is 0. The lowest BCUT2D eigenvalue weighted by atomic mass is 10.2. The van der Waals surface area contributed by atoms with Crippen molar-refractivity contribution in [3.05, 3.63) is 41.6 Å². The van der Waals surface area contributed by atoms with Crippen molar-refractivity contribution in [1.82, 2.24) is 15.1 Å². The average Bonchev–Trinajstić information content (AvgIpc) is 2.73. The Kier molecular flexibility index (Phi) is 5.02. The maximum absolute atomic E-state index is 4.62. The molecule has 0 fully saturated rings. The van der Waals surface area contributed by atoms with E-state index in [1.54, 1.807) is 0 Å². The number of para-hydroxylation sites is 1. The fourth-order valence-corrected chi connectivity index (χ4v) is 2.60. The number of rotatable bonds is 6. The van der Waals surface area contributed by atoms with Crippen molar-refractivity contribution in [2.24, 2.45) is 7.05 Å². The Morgan fingerprint density at radius 3 is 2.48 bits per heavy atom.